The van der Waals surface area contributed by atoms with Gasteiger partial charge in [-0.3, -0.25) is 24.0 Å². The Bertz CT molecular complexity index is 1430. The van der Waals surface area contributed by atoms with Crippen molar-refractivity contribution in [3.05, 3.63) is 6.33 Å². The first-order valence-electron chi connectivity index (χ1n) is 13.3. The standard InChI is InChI=1S/C23H34FN8O9PS/c1-6-38-18-14-16(28-21(25)30-18)32(9-26-14)20-23(5,24)15(33)13(41-20)7-39-42(37,31-11(4)19(35)40-10(2)3)43-8-12-17(34)29-22(36)27-12/h9-13,15,20,33H,6-8H2,1-5H3,(H,31,37)(H2,25,28,30)(H2,27,29,34,36)/t11-,12+,13-,15-,20-,23-,42?/m1/s1. The van der Waals surface area contributed by atoms with Crippen LogP contribution in [0, 0.1) is 0 Å². The van der Waals surface area contributed by atoms with Crippen LogP contribution in [-0.2, 0) is 28.2 Å². The molecule has 0 aromatic carbocycles. The molecule has 2 aliphatic heterocycles. The second-order valence-electron chi connectivity index (χ2n) is 10.2. The molecule has 7 atom stereocenters. The number of imidazole rings is 1. The van der Waals surface area contributed by atoms with E-state index in [2.05, 4.69) is 30.7 Å². The molecule has 43 heavy (non-hydrogen) atoms. The molecule has 0 radical (unpaired) electrons. The maximum absolute atomic E-state index is 16.0. The van der Waals surface area contributed by atoms with E-state index < -0.39 is 73.5 Å². The van der Waals surface area contributed by atoms with Gasteiger partial charge in [-0.05, 0) is 34.6 Å². The molecule has 4 rings (SSSR count). The molecule has 238 valence electrons. The van der Waals surface area contributed by atoms with Gasteiger partial charge in [0.15, 0.2) is 23.1 Å². The minimum atomic E-state index is -4.08. The molecule has 0 spiro atoms. The fourth-order valence-electron chi connectivity index (χ4n) is 4.32. The number of rotatable bonds is 13. The summed E-state index contributed by atoms with van der Waals surface area (Å²) in [6, 6.07) is -2.86. The average molecular weight is 649 g/mol. The molecule has 4 heterocycles. The monoisotopic (exact) mass is 648 g/mol. The van der Waals surface area contributed by atoms with Crippen molar-refractivity contribution in [1.82, 2.24) is 35.2 Å². The second-order valence-corrected chi connectivity index (χ2v) is 14.5. The summed E-state index contributed by atoms with van der Waals surface area (Å²) in [6.07, 6.45) is -3.81. The van der Waals surface area contributed by atoms with Crippen molar-refractivity contribution in [1.29, 1.82) is 0 Å². The van der Waals surface area contributed by atoms with Gasteiger partial charge in [0, 0.05) is 5.75 Å². The Morgan fingerprint density at radius 3 is 2.72 bits per heavy atom. The maximum atomic E-state index is 16.0. The summed E-state index contributed by atoms with van der Waals surface area (Å²) in [7, 11) is 0. The quantitative estimate of drug-likeness (QED) is 0.115. The number of fused-ring (bicyclic) bond motifs is 1. The molecule has 0 aliphatic carbocycles. The molecule has 2 aliphatic rings. The fraction of sp³-hybridized carbons (Fsp3) is 0.652. The van der Waals surface area contributed by atoms with E-state index in [1.54, 1.807) is 20.8 Å². The zero-order valence-electron chi connectivity index (χ0n) is 24.0. The molecule has 1 unspecified atom stereocenters. The van der Waals surface area contributed by atoms with Crippen molar-refractivity contribution >= 4 is 53.1 Å². The van der Waals surface area contributed by atoms with E-state index in [-0.39, 0.29) is 35.4 Å². The third-order valence-electron chi connectivity index (χ3n) is 6.39. The first kappa shape index (κ1) is 32.8. The van der Waals surface area contributed by atoms with E-state index in [1.807, 2.05) is 0 Å². The van der Waals surface area contributed by atoms with E-state index in [1.165, 1.54) is 17.8 Å². The molecule has 2 aromatic heterocycles. The third-order valence-corrected chi connectivity index (χ3v) is 10.5. The van der Waals surface area contributed by atoms with E-state index >= 15 is 4.39 Å². The number of hydrogen-bond donors (Lipinski definition) is 5. The second kappa shape index (κ2) is 12.9. The van der Waals surface area contributed by atoms with Gasteiger partial charge in [0.25, 0.3) is 5.91 Å². The Hall–Kier alpha value is -3.09. The number of imide groups is 1. The first-order valence-corrected chi connectivity index (χ1v) is 16.5. The summed E-state index contributed by atoms with van der Waals surface area (Å²) in [4.78, 5) is 48.2. The fourth-order valence-corrected chi connectivity index (χ4v) is 8.19. The number of carbonyl (C=O) groups excluding carboxylic acids is 3. The summed E-state index contributed by atoms with van der Waals surface area (Å²) < 4.78 is 53.3. The Labute approximate surface area is 249 Å². The van der Waals surface area contributed by atoms with Crippen molar-refractivity contribution in [3.8, 4) is 5.88 Å². The van der Waals surface area contributed by atoms with Crippen molar-refractivity contribution in [2.45, 2.75) is 76.9 Å². The van der Waals surface area contributed by atoms with Crippen LogP contribution in [0.25, 0.3) is 11.2 Å². The molecule has 6 N–H and O–H groups in total. The van der Waals surface area contributed by atoms with E-state index in [0.717, 1.165) is 6.92 Å². The number of esters is 1. The lowest BCUT2D eigenvalue weighted by molar-refractivity contribution is -0.149. The summed E-state index contributed by atoms with van der Waals surface area (Å²) >= 11 is 0.632. The molecule has 2 aromatic rings. The number of ether oxygens (including phenoxy) is 3. The highest BCUT2D eigenvalue weighted by atomic mass is 32.7. The van der Waals surface area contributed by atoms with Crippen LogP contribution in [0.5, 0.6) is 5.88 Å². The summed E-state index contributed by atoms with van der Waals surface area (Å²) in [5.74, 6) is -1.62. The van der Waals surface area contributed by atoms with Gasteiger partial charge in [-0.15, -0.1) is 0 Å². The highest BCUT2D eigenvalue weighted by Crippen LogP contribution is 2.57. The number of aliphatic hydroxyl groups is 1. The number of amides is 3. The number of nitrogens with zero attached hydrogens (tertiary/aromatic N) is 4. The number of alkyl halides is 1. The predicted octanol–water partition coefficient (Wildman–Crippen LogP) is 0.789. The van der Waals surface area contributed by atoms with E-state index in [0.29, 0.717) is 11.4 Å². The van der Waals surface area contributed by atoms with Gasteiger partial charge in [0.2, 0.25) is 11.8 Å². The number of carbonyl (C=O) groups is 3. The van der Waals surface area contributed by atoms with Crippen LogP contribution in [0.2, 0.25) is 0 Å². The van der Waals surface area contributed by atoms with Crippen LogP contribution in [0.4, 0.5) is 15.1 Å². The minimum absolute atomic E-state index is 0.0871. The Morgan fingerprint density at radius 1 is 1.37 bits per heavy atom. The number of nitrogens with two attached hydrogens (primary N) is 1. The lowest BCUT2D eigenvalue weighted by Gasteiger charge is -2.25. The van der Waals surface area contributed by atoms with Crippen LogP contribution in [-0.4, -0.2) is 97.6 Å². The van der Waals surface area contributed by atoms with Crippen molar-refractivity contribution < 1.29 is 47.2 Å². The Morgan fingerprint density at radius 2 is 2.09 bits per heavy atom. The molecule has 20 heteroatoms. The maximum Gasteiger partial charge on any atom is 0.327 e. The number of nitrogen functional groups attached to an aromatic ring is 1. The SMILES string of the molecule is CCOc1nc(N)nc2c1ncn2[C@@H]1O[C@H](COP(=O)(N[C@H](C)C(=O)OC(C)C)SC[C@@H]2NC(=O)NC2=O)[C@@H](O)[C@@]1(C)F. The molecule has 0 saturated carbocycles. The topological polar surface area (TPSA) is 231 Å². The molecule has 2 fully saturated rings. The van der Waals surface area contributed by atoms with Gasteiger partial charge < -0.3 is 34.9 Å². The molecule has 3 amide bonds. The first-order chi connectivity index (χ1) is 20.1. The highest BCUT2D eigenvalue weighted by molar-refractivity contribution is 8.56. The summed E-state index contributed by atoms with van der Waals surface area (Å²) in [6.45, 7) is 3.10. The minimum Gasteiger partial charge on any atom is -0.476 e. The third kappa shape index (κ3) is 7.18. The molecule has 2 saturated heterocycles. The van der Waals surface area contributed by atoms with Crippen molar-refractivity contribution in [3.63, 3.8) is 0 Å². The predicted molar refractivity (Wildman–Crippen MR) is 151 cm³/mol. The number of halogens is 1. The number of aromatic nitrogens is 4. The van der Waals surface area contributed by atoms with Crippen LogP contribution in [0.15, 0.2) is 6.33 Å². The van der Waals surface area contributed by atoms with Crippen LogP contribution < -0.4 is 26.2 Å². The lowest BCUT2D eigenvalue weighted by Crippen LogP contribution is -2.41. The van der Waals surface area contributed by atoms with E-state index in [9.17, 15) is 24.1 Å². The average Bonchev–Trinajstić information content (AvgIpc) is 3.54. The Kier molecular flexibility index (Phi) is 9.82. The smallest absolute Gasteiger partial charge is 0.327 e. The van der Waals surface area contributed by atoms with Crippen LogP contribution in [0.1, 0.15) is 40.8 Å². The molecular formula is C23H34FN8O9PS. The largest absolute Gasteiger partial charge is 0.476 e. The number of urea groups is 1. The molecule has 0 bridgehead atoms. The molecule has 17 nitrogen and oxygen atoms in total. The van der Waals surface area contributed by atoms with Crippen LogP contribution >= 0.6 is 18.1 Å². The van der Waals surface area contributed by atoms with Gasteiger partial charge in [-0.25, -0.2) is 19.3 Å². The highest BCUT2D eigenvalue weighted by Gasteiger charge is 2.56. The summed E-state index contributed by atoms with van der Waals surface area (Å²) in [5, 5.41) is 17.9. The van der Waals surface area contributed by atoms with Gasteiger partial charge in [-0.2, -0.15) is 9.97 Å². The number of hydrogen-bond acceptors (Lipinski definition) is 14. The lowest BCUT2D eigenvalue weighted by atomic mass is 9.98. The van der Waals surface area contributed by atoms with Crippen LogP contribution in [0.3, 0.4) is 0 Å². The van der Waals surface area contributed by atoms with Gasteiger partial charge in [0.1, 0.15) is 24.3 Å². The van der Waals surface area contributed by atoms with Crippen molar-refractivity contribution in [2.75, 3.05) is 24.7 Å². The van der Waals surface area contributed by atoms with Gasteiger partial charge in [-0.1, -0.05) is 11.4 Å². The van der Waals surface area contributed by atoms with E-state index in [4.69, 9.17) is 24.5 Å². The zero-order chi connectivity index (χ0) is 31.7. The number of nitrogens with one attached hydrogen (secondary N) is 3. The number of aliphatic hydroxyl groups excluding tert-OH is 1. The number of anilines is 1. The summed E-state index contributed by atoms with van der Waals surface area (Å²) in [5.41, 5.74) is 3.68. The van der Waals surface area contributed by atoms with Gasteiger partial charge >= 0.3 is 18.7 Å². The van der Waals surface area contributed by atoms with Gasteiger partial charge in [0.05, 0.1) is 25.6 Å². The zero-order valence-corrected chi connectivity index (χ0v) is 25.7. The van der Waals surface area contributed by atoms with Crippen molar-refractivity contribution in [2.24, 2.45) is 0 Å². The molecular weight excluding hydrogens is 614 g/mol. The Balaban J connectivity index is 1.53. The normalized spacial score (nSPS) is 27.6.